The van der Waals surface area contributed by atoms with Gasteiger partial charge in [-0.1, -0.05) is 30.3 Å². The first-order chi connectivity index (χ1) is 47.2. The average molecular weight is 1390 g/mol. The quantitative estimate of drug-likeness (QED) is 0.0124. The van der Waals surface area contributed by atoms with Crippen LogP contribution >= 0.6 is 0 Å². The highest BCUT2D eigenvalue weighted by Gasteiger charge is 2.53. The van der Waals surface area contributed by atoms with Crippen LogP contribution in [0, 0.1) is 0 Å². The molecule has 33 heteroatoms. The number of hydrogen-bond donors (Lipinski definition) is 18. The van der Waals surface area contributed by atoms with Crippen molar-refractivity contribution >= 4 is 47.1 Å². The number of aliphatic hydroxyl groups excluding tert-OH is 12. The van der Waals surface area contributed by atoms with E-state index in [2.05, 4.69) is 0 Å². The van der Waals surface area contributed by atoms with Gasteiger partial charge in [0.25, 0.3) is 0 Å². The average Bonchev–Trinajstić information content (AvgIpc) is 0.777. The zero-order valence-corrected chi connectivity index (χ0v) is 51.3. The van der Waals surface area contributed by atoms with E-state index in [0.29, 0.717) is 11.1 Å². The standard InChI is InChI=1S/C66H68O33/c67-24-43-50(77)54(81)58(85)64(95-43)93-41-22-34(70)21-40-35(41)23-42(61(91-40)31-9-14-36(71)37(72)20-31)94-66-62(99-65-60(87)56(83)52(79)45(97-65)26-89-48(75)17-7-29-3-12-33(69)13-4-29)57(84)53(80)46(98-66)27-90-49(76)18-8-30-5-15-39(38(73)19-30)92-63-59(86)55(82)51(78)44(96-63)25-88-47(74)16-6-28-1-10-32(68)11-2-28/h1-23,43-46,50-60,62-67,77-87H,24-27H2,(H5-,68,69,70,71,72,73,74,75)/p+1/b18-8+/t43-,44+,45-,46-,50+,51+,52+,53+,54-,55+,56+,57-,58+,59+,60+,62-,63+,64+,65-,66+/m0/s1. The van der Waals surface area contributed by atoms with E-state index in [1.807, 2.05) is 0 Å². The molecule has 0 radical (unpaired) electrons. The van der Waals surface area contributed by atoms with Crippen LogP contribution in [0.5, 0.6) is 51.7 Å². The van der Waals surface area contributed by atoms with E-state index < -0.39 is 207 Å². The summed E-state index contributed by atoms with van der Waals surface area (Å²) in [7, 11) is 0. The fourth-order valence-corrected chi connectivity index (χ4v) is 10.6. The van der Waals surface area contributed by atoms with Gasteiger partial charge in [0, 0.05) is 36.4 Å². The van der Waals surface area contributed by atoms with Crippen molar-refractivity contribution in [2.45, 2.75) is 123 Å². The van der Waals surface area contributed by atoms with E-state index >= 15 is 0 Å². The van der Waals surface area contributed by atoms with Gasteiger partial charge in [0.2, 0.25) is 24.6 Å². The molecule has 0 bridgehead atoms. The lowest BCUT2D eigenvalue weighted by atomic mass is 9.97. The minimum Gasteiger partial charge on any atom is -0.508 e. The number of phenolic OH excluding ortho intramolecular Hbond substituents is 6. The van der Waals surface area contributed by atoms with Crippen molar-refractivity contribution in [3.63, 3.8) is 0 Å². The molecule has 0 amide bonds. The van der Waals surface area contributed by atoms with Crippen molar-refractivity contribution in [2.75, 3.05) is 26.4 Å². The Labute approximate surface area is 558 Å². The highest BCUT2D eigenvalue weighted by atomic mass is 16.8. The van der Waals surface area contributed by atoms with E-state index in [4.69, 9.17) is 56.5 Å². The molecule has 0 aliphatic carbocycles. The van der Waals surface area contributed by atoms with Gasteiger partial charge >= 0.3 is 29.3 Å². The molecule has 1 aromatic heterocycles. The van der Waals surface area contributed by atoms with Crippen LogP contribution in [0.1, 0.15) is 16.7 Å². The molecule has 0 saturated carbocycles. The summed E-state index contributed by atoms with van der Waals surface area (Å²) in [5.41, 5.74) is 0.784. The lowest BCUT2D eigenvalue weighted by Gasteiger charge is -2.45. The summed E-state index contributed by atoms with van der Waals surface area (Å²) < 4.78 is 69.3. The van der Waals surface area contributed by atoms with Crippen LogP contribution in [0.25, 0.3) is 40.5 Å². The number of phenols is 6. The van der Waals surface area contributed by atoms with Crippen LogP contribution in [-0.4, -0.2) is 259 Å². The lowest BCUT2D eigenvalue weighted by Crippen LogP contribution is -2.65. The Morgan fingerprint density at radius 2 is 0.838 bits per heavy atom. The van der Waals surface area contributed by atoms with Gasteiger partial charge in [-0.15, -0.1) is 0 Å². The molecule has 10 rings (SSSR count). The Balaban J connectivity index is 0.885. The third-order valence-electron chi connectivity index (χ3n) is 16.1. The van der Waals surface area contributed by atoms with Gasteiger partial charge in [0.1, 0.15) is 140 Å². The monoisotopic (exact) mass is 1390 g/mol. The zero-order chi connectivity index (χ0) is 71.1. The largest absolute Gasteiger partial charge is 0.508 e. The number of rotatable bonds is 22. The molecular formula is C66H69O33+. The van der Waals surface area contributed by atoms with Gasteiger partial charge in [-0.3, -0.25) is 0 Å². The Morgan fingerprint density at radius 3 is 1.35 bits per heavy atom. The number of ether oxygens (including phenoxy) is 11. The number of carbonyl (C=O) groups excluding carboxylic acids is 3. The third-order valence-corrected chi connectivity index (χ3v) is 16.1. The minimum atomic E-state index is -2.25. The number of aliphatic hydroxyl groups is 12. The predicted molar refractivity (Wildman–Crippen MR) is 330 cm³/mol. The van der Waals surface area contributed by atoms with Crippen LogP contribution in [0.3, 0.4) is 0 Å². The van der Waals surface area contributed by atoms with Crippen molar-refractivity contribution in [2.24, 2.45) is 0 Å². The van der Waals surface area contributed by atoms with Gasteiger partial charge in [-0.2, -0.15) is 0 Å². The van der Waals surface area contributed by atoms with Gasteiger partial charge in [-0.05, 0) is 83.4 Å². The Bertz CT molecular complexity index is 3880. The molecule has 5 heterocycles. The van der Waals surface area contributed by atoms with Crippen molar-refractivity contribution in [1.82, 2.24) is 0 Å². The van der Waals surface area contributed by atoms with E-state index in [1.165, 1.54) is 78.9 Å². The number of esters is 3. The fraction of sp³-hybridized carbons (Fsp3) is 0.364. The highest BCUT2D eigenvalue weighted by molar-refractivity contribution is 5.90. The molecule has 6 aromatic rings. The second kappa shape index (κ2) is 31.7. The van der Waals surface area contributed by atoms with Crippen LogP contribution in [0.15, 0.2) is 126 Å². The first-order valence-electron chi connectivity index (χ1n) is 30.2. The van der Waals surface area contributed by atoms with Crippen molar-refractivity contribution in [3.05, 3.63) is 138 Å². The second-order valence-electron chi connectivity index (χ2n) is 23.0. The third kappa shape index (κ3) is 17.2. The van der Waals surface area contributed by atoms with Gasteiger partial charge in [-0.25, -0.2) is 18.8 Å². The summed E-state index contributed by atoms with van der Waals surface area (Å²) in [6, 6.07) is 21.6. The number of carbonyl (C=O) groups is 3. The van der Waals surface area contributed by atoms with E-state index in [9.17, 15) is 106 Å². The summed E-state index contributed by atoms with van der Waals surface area (Å²) in [5, 5.41) is 193. The molecular weight excluding hydrogens is 1320 g/mol. The Hall–Kier alpha value is -9.34. The van der Waals surface area contributed by atoms with Gasteiger partial charge in [0.05, 0.1) is 18.2 Å². The Morgan fingerprint density at radius 1 is 0.394 bits per heavy atom. The van der Waals surface area contributed by atoms with Gasteiger partial charge in [0.15, 0.2) is 35.4 Å². The number of fused-ring (bicyclic) bond motifs is 1. The lowest BCUT2D eigenvalue weighted by molar-refractivity contribution is -0.358. The first kappa shape index (κ1) is 72.4. The summed E-state index contributed by atoms with van der Waals surface area (Å²) in [6.45, 7) is -3.20. The Kier molecular flexibility index (Phi) is 23.2. The molecule has 4 aliphatic heterocycles. The fourth-order valence-electron chi connectivity index (χ4n) is 10.6. The van der Waals surface area contributed by atoms with E-state index in [0.717, 1.165) is 60.7 Å². The molecule has 0 spiro atoms. The second-order valence-corrected chi connectivity index (χ2v) is 23.0. The summed E-state index contributed by atoms with van der Waals surface area (Å²) in [5.74, 6) is -7.12. The molecule has 0 unspecified atom stereocenters. The van der Waals surface area contributed by atoms with Crippen molar-refractivity contribution in [1.29, 1.82) is 0 Å². The van der Waals surface area contributed by atoms with Crippen LogP contribution in [0.2, 0.25) is 0 Å². The first-order valence-corrected chi connectivity index (χ1v) is 30.2. The maximum absolute atomic E-state index is 13.4. The van der Waals surface area contributed by atoms with E-state index in [1.54, 1.807) is 0 Å². The molecule has 18 N–H and O–H groups in total. The SMILES string of the molecule is O=C(C=Cc1ccc(O)cc1)OC[C@@H]1O[C@@H](O[C@@H]2[C@H](Oc3cc4c(O[C@@H]5O[C@@H](CO)[C@@H](O)[C@H](O)[C@H]5O)cc(O)cc4[o+]c3-c3ccc(O)c(O)c3)O[C@@H](COC(=O)/C=C/c3ccc(O[C@@H]4O[C@H](COC(=O)C=Cc5ccc(O)cc5)[C@@H](O)[C@@H](O)[C@H]4O)c(O)c3)[C@@H](O)[C@@H]2O)[C@H](O)[C@H](O)[C@@H]1O. The highest BCUT2D eigenvalue weighted by Crippen LogP contribution is 2.44. The predicted octanol–water partition coefficient (Wildman–Crippen LogP) is -1.23. The number of benzene rings is 5. The maximum Gasteiger partial charge on any atom is 0.402 e. The molecule has 4 saturated heterocycles. The number of aromatic hydroxyl groups is 6. The normalized spacial score (nSPS) is 30.3. The zero-order valence-electron chi connectivity index (χ0n) is 51.3. The van der Waals surface area contributed by atoms with Crippen LogP contribution in [0.4, 0.5) is 0 Å². The topological polar surface area (TPSA) is 528 Å². The van der Waals surface area contributed by atoms with Crippen LogP contribution < -0.4 is 14.2 Å². The summed E-state index contributed by atoms with van der Waals surface area (Å²) in [4.78, 5) is 38.7. The molecule has 4 fully saturated rings. The molecule has 33 nitrogen and oxygen atoms in total. The maximum atomic E-state index is 13.4. The van der Waals surface area contributed by atoms with Gasteiger partial charge < -0.3 is 144 Å². The van der Waals surface area contributed by atoms with Crippen molar-refractivity contribution in [3.8, 4) is 63.1 Å². The molecule has 5 aromatic carbocycles. The van der Waals surface area contributed by atoms with Crippen molar-refractivity contribution < 1.29 is 163 Å². The van der Waals surface area contributed by atoms with E-state index in [-0.39, 0.29) is 39.3 Å². The number of hydrogen-bond acceptors (Lipinski definition) is 32. The molecule has 4 aliphatic rings. The molecule has 530 valence electrons. The molecule has 99 heavy (non-hydrogen) atoms. The van der Waals surface area contributed by atoms with Crippen LogP contribution in [-0.2, 0) is 52.3 Å². The minimum absolute atomic E-state index is 0.00427. The molecule has 20 atom stereocenters. The smallest absolute Gasteiger partial charge is 0.402 e. The summed E-state index contributed by atoms with van der Waals surface area (Å²) in [6.07, 6.45) is -31.6. The summed E-state index contributed by atoms with van der Waals surface area (Å²) >= 11 is 0.